The summed E-state index contributed by atoms with van der Waals surface area (Å²) in [5, 5.41) is 12.6. The molecule has 1 atom stereocenters. The van der Waals surface area contributed by atoms with E-state index in [0.717, 1.165) is 17.1 Å². The summed E-state index contributed by atoms with van der Waals surface area (Å²) in [5.74, 6) is -0.396. The molecule has 2 rings (SSSR count). The predicted octanol–water partition coefficient (Wildman–Crippen LogP) is 2.59. The summed E-state index contributed by atoms with van der Waals surface area (Å²) in [4.78, 5) is 16.2. The zero-order valence-corrected chi connectivity index (χ0v) is 12.8. The van der Waals surface area contributed by atoms with Gasteiger partial charge in [-0.25, -0.2) is 4.98 Å². The fraction of sp³-hybridized carbons (Fsp3) is 0.375. The number of benzene rings is 1. The van der Waals surface area contributed by atoms with Gasteiger partial charge in [-0.1, -0.05) is 6.92 Å². The Balaban J connectivity index is 2.17. The first-order chi connectivity index (χ1) is 9.85. The molecular formula is C16H21N3O2. The number of hydrogen-bond donors (Lipinski definition) is 2. The van der Waals surface area contributed by atoms with Crippen molar-refractivity contribution in [2.75, 3.05) is 5.32 Å². The smallest absolute Gasteiger partial charge is 0.256 e. The lowest BCUT2D eigenvalue weighted by Crippen LogP contribution is -2.39. The van der Waals surface area contributed by atoms with Gasteiger partial charge in [-0.05, 0) is 51.5 Å². The number of aliphatic hydroxyl groups is 1. The number of nitrogens with zero attached hydrogens (tertiary/aromatic N) is 2. The molecule has 0 saturated heterocycles. The maximum atomic E-state index is 11.9. The van der Waals surface area contributed by atoms with Gasteiger partial charge in [-0.3, -0.25) is 4.79 Å². The average Bonchev–Trinajstić information content (AvgIpc) is 2.80. The molecule has 0 aliphatic heterocycles. The van der Waals surface area contributed by atoms with Crippen molar-refractivity contribution in [1.29, 1.82) is 0 Å². The van der Waals surface area contributed by atoms with Crippen LogP contribution in [0.15, 0.2) is 30.6 Å². The van der Waals surface area contributed by atoms with Crippen molar-refractivity contribution in [2.24, 2.45) is 0 Å². The van der Waals surface area contributed by atoms with Gasteiger partial charge in [0.05, 0.1) is 12.0 Å². The highest BCUT2D eigenvalue weighted by Gasteiger charge is 2.27. The SMILES string of the molecule is CCC(C)(O)C(=O)Nc1ccc(-n2cnc(C)c2C)cc1. The Morgan fingerprint density at radius 1 is 1.33 bits per heavy atom. The number of anilines is 1. The normalized spacial score (nSPS) is 13.8. The number of carbonyl (C=O) groups is 1. The highest BCUT2D eigenvalue weighted by atomic mass is 16.3. The number of hydrogen-bond acceptors (Lipinski definition) is 3. The summed E-state index contributed by atoms with van der Waals surface area (Å²) in [6.07, 6.45) is 2.14. The van der Waals surface area contributed by atoms with Crippen LogP contribution >= 0.6 is 0 Å². The van der Waals surface area contributed by atoms with Gasteiger partial charge in [0.2, 0.25) is 0 Å². The van der Waals surface area contributed by atoms with Crippen LogP contribution in [0.25, 0.3) is 5.69 Å². The highest BCUT2D eigenvalue weighted by Crippen LogP contribution is 2.18. The molecule has 1 aromatic heterocycles. The zero-order chi connectivity index (χ0) is 15.6. The lowest BCUT2D eigenvalue weighted by atomic mass is 10.0. The van der Waals surface area contributed by atoms with Crippen LogP contribution in [0.5, 0.6) is 0 Å². The first-order valence-corrected chi connectivity index (χ1v) is 7.00. The van der Waals surface area contributed by atoms with Crippen LogP contribution in [0.1, 0.15) is 31.7 Å². The largest absolute Gasteiger partial charge is 0.380 e. The summed E-state index contributed by atoms with van der Waals surface area (Å²) >= 11 is 0. The molecule has 0 aliphatic rings. The van der Waals surface area contributed by atoms with Crippen molar-refractivity contribution in [3.05, 3.63) is 42.0 Å². The number of rotatable bonds is 4. The fourth-order valence-electron chi connectivity index (χ4n) is 1.89. The summed E-state index contributed by atoms with van der Waals surface area (Å²) in [6.45, 7) is 7.25. The fourth-order valence-corrected chi connectivity index (χ4v) is 1.89. The van der Waals surface area contributed by atoms with Gasteiger partial charge < -0.3 is 15.0 Å². The third kappa shape index (κ3) is 3.13. The highest BCUT2D eigenvalue weighted by molar-refractivity contribution is 5.96. The first kappa shape index (κ1) is 15.3. The van der Waals surface area contributed by atoms with Gasteiger partial charge in [0.15, 0.2) is 0 Å². The molecule has 0 radical (unpaired) electrons. The van der Waals surface area contributed by atoms with E-state index in [9.17, 15) is 9.90 Å². The molecule has 2 N–H and O–H groups in total. The van der Waals surface area contributed by atoms with Crippen LogP contribution in [0.2, 0.25) is 0 Å². The Hall–Kier alpha value is -2.14. The van der Waals surface area contributed by atoms with E-state index in [1.165, 1.54) is 6.92 Å². The van der Waals surface area contributed by atoms with Crippen molar-refractivity contribution in [2.45, 2.75) is 39.7 Å². The number of aryl methyl sites for hydroxylation is 1. The van der Waals surface area contributed by atoms with E-state index in [0.29, 0.717) is 12.1 Å². The molecule has 5 heteroatoms. The molecule has 2 aromatic rings. The summed E-state index contributed by atoms with van der Waals surface area (Å²) in [6, 6.07) is 7.44. The van der Waals surface area contributed by atoms with Gasteiger partial charge in [-0.15, -0.1) is 0 Å². The third-order valence-corrected chi connectivity index (χ3v) is 3.83. The molecule has 1 aromatic carbocycles. The third-order valence-electron chi connectivity index (χ3n) is 3.83. The molecule has 0 bridgehead atoms. The monoisotopic (exact) mass is 287 g/mol. The van der Waals surface area contributed by atoms with E-state index < -0.39 is 11.5 Å². The predicted molar refractivity (Wildman–Crippen MR) is 82.6 cm³/mol. The Kier molecular flexibility index (Phi) is 4.14. The van der Waals surface area contributed by atoms with E-state index in [1.807, 2.05) is 42.7 Å². The number of carbonyl (C=O) groups excluding carboxylic acids is 1. The van der Waals surface area contributed by atoms with Crippen LogP contribution in [0, 0.1) is 13.8 Å². The van der Waals surface area contributed by atoms with Gasteiger partial charge in [0.1, 0.15) is 5.60 Å². The topological polar surface area (TPSA) is 67.2 Å². The minimum Gasteiger partial charge on any atom is -0.380 e. The minimum absolute atomic E-state index is 0.366. The Morgan fingerprint density at radius 2 is 1.95 bits per heavy atom. The Labute approximate surface area is 124 Å². The first-order valence-electron chi connectivity index (χ1n) is 7.00. The van der Waals surface area contributed by atoms with Crippen LogP contribution < -0.4 is 5.32 Å². The molecule has 21 heavy (non-hydrogen) atoms. The van der Waals surface area contributed by atoms with Crippen LogP contribution in [0.4, 0.5) is 5.69 Å². The van der Waals surface area contributed by atoms with E-state index in [2.05, 4.69) is 10.3 Å². The standard InChI is InChI=1S/C16H21N3O2/c1-5-16(4,21)15(20)18-13-6-8-14(9-7-13)19-10-17-11(2)12(19)3/h6-10,21H,5H2,1-4H3,(H,18,20). The van der Waals surface area contributed by atoms with Crippen LogP contribution in [0.3, 0.4) is 0 Å². The summed E-state index contributed by atoms with van der Waals surface area (Å²) in [7, 11) is 0. The summed E-state index contributed by atoms with van der Waals surface area (Å²) < 4.78 is 1.99. The molecule has 0 saturated carbocycles. The van der Waals surface area contributed by atoms with Gasteiger partial charge in [0.25, 0.3) is 5.91 Å². The second-order valence-electron chi connectivity index (χ2n) is 5.41. The molecule has 1 amide bonds. The van der Waals surface area contributed by atoms with E-state index in [4.69, 9.17) is 0 Å². The van der Waals surface area contributed by atoms with Crippen LogP contribution in [-0.2, 0) is 4.79 Å². The van der Waals surface area contributed by atoms with Crippen molar-refractivity contribution in [3.63, 3.8) is 0 Å². The van der Waals surface area contributed by atoms with Crippen molar-refractivity contribution < 1.29 is 9.90 Å². The van der Waals surface area contributed by atoms with Crippen molar-refractivity contribution in [3.8, 4) is 5.69 Å². The quantitative estimate of drug-likeness (QED) is 0.908. The molecule has 0 fully saturated rings. The second-order valence-corrected chi connectivity index (χ2v) is 5.41. The maximum Gasteiger partial charge on any atom is 0.256 e. The molecule has 0 spiro atoms. The number of nitrogens with one attached hydrogen (secondary N) is 1. The Morgan fingerprint density at radius 3 is 2.43 bits per heavy atom. The second kappa shape index (κ2) is 5.69. The van der Waals surface area contributed by atoms with E-state index in [1.54, 1.807) is 13.3 Å². The number of aromatic nitrogens is 2. The van der Waals surface area contributed by atoms with E-state index in [-0.39, 0.29) is 0 Å². The Bertz CT molecular complexity index is 642. The van der Waals surface area contributed by atoms with Crippen LogP contribution in [-0.4, -0.2) is 26.2 Å². The van der Waals surface area contributed by atoms with Crippen molar-refractivity contribution in [1.82, 2.24) is 9.55 Å². The van der Waals surface area contributed by atoms with Gasteiger partial charge >= 0.3 is 0 Å². The number of imidazole rings is 1. The molecule has 5 nitrogen and oxygen atoms in total. The van der Waals surface area contributed by atoms with Gasteiger partial charge in [0, 0.05) is 17.1 Å². The average molecular weight is 287 g/mol. The molecule has 1 heterocycles. The zero-order valence-electron chi connectivity index (χ0n) is 12.8. The molecule has 0 aliphatic carbocycles. The van der Waals surface area contributed by atoms with E-state index >= 15 is 0 Å². The van der Waals surface area contributed by atoms with Crippen molar-refractivity contribution >= 4 is 11.6 Å². The molecule has 112 valence electrons. The maximum absolute atomic E-state index is 11.9. The number of amides is 1. The lowest BCUT2D eigenvalue weighted by Gasteiger charge is -2.20. The molecular weight excluding hydrogens is 266 g/mol. The molecule has 1 unspecified atom stereocenters. The summed E-state index contributed by atoms with van der Waals surface area (Å²) in [5.41, 5.74) is 2.36. The minimum atomic E-state index is -1.35. The van der Waals surface area contributed by atoms with Gasteiger partial charge in [-0.2, -0.15) is 0 Å². The lowest BCUT2D eigenvalue weighted by molar-refractivity contribution is -0.132.